The van der Waals surface area contributed by atoms with Crippen LogP contribution in [0.3, 0.4) is 0 Å². The zero-order valence-corrected chi connectivity index (χ0v) is 27.2. The summed E-state index contributed by atoms with van der Waals surface area (Å²) < 4.78 is 6.64. The van der Waals surface area contributed by atoms with E-state index in [4.69, 9.17) is 4.74 Å². The number of hydrogen-bond acceptors (Lipinski definition) is 8. The van der Waals surface area contributed by atoms with E-state index in [0.29, 0.717) is 28.0 Å². The number of amides is 1. The van der Waals surface area contributed by atoms with Crippen molar-refractivity contribution in [3.05, 3.63) is 167 Å². The average Bonchev–Trinajstić information content (AvgIpc) is 3.71. The maximum atomic E-state index is 13.7. The Morgan fingerprint density at radius 2 is 1.56 bits per heavy atom. The predicted molar refractivity (Wildman–Crippen MR) is 191 cm³/mol. The first-order valence-corrected chi connectivity index (χ1v) is 17.1. The summed E-state index contributed by atoms with van der Waals surface area (Å²) in [6.45, 7) is 0.396. The summed E-state index contributed by atoms with van der Waals surface area (Å²) in [5.41, 5.74) is 3.62. The van der Waals surface area contributed by atoms with Crippen LogP contribution in [0, 0.1) is 0 Å². The van der Waals surface area contributed by atoms with Crippen molar-refractivity contribution in [2.75, 3.05) is 4.90 Å². The number of ketones is 1. The van der Waals surface area contributed by atoms with Gasteiger partial charge >= 0.3 is 0 Å². The van der Waals surface area contributed by atoms with Crippen molar-refractivity contribution >= 4 is 56.8 Å². The molecule has 1 aliphatic heterocycles. The Kier molecular flexibility index (Phi) is 9.13. The van der Waals surface area contributed by atoms with Crippen LogP contribution in [0.4, 0.5) is 5.13 Å². The third-order valence-electron chi connectivity index (χ3n) is 7.98. The highest BCUT2D eigenvalue weighted by Gasteiger charge is 2.45. The van der Waals surface area contributed by atoms with E-state index >= 15 is 0 Å². The molecule has 1 atom stereocenters. The largest absolute Gasteiger partial charge is 0.503 e. The molecule has 236 valence electrons. The number of thioether (sulfide) groups is 1. The highest BCUT2D eigenvalue weighted by atomic mass is 32.2. The van der Waals surface area contributed by atoms with Crippen LogP contribution in [-0.4, -0.2) is 27.0 Å². The Bertz CT molecular complexity index is 2140. The molecule has 1 amide bonds. The number of anilines is 1. The Labute approximate surface area is 285 Å². The number of aromatic nitrogens is 2. The molecule has 1 aliphatic rings. The van der Waals surface area contributed by atoms with Crippen LogP contribution in [0.5, 0.6) is 5.75 Å². The molecule has 5 aromatic carbocycles. The summed E-state index contributed by atoms with van der Waals surface area (Å²) in [4.78, 5) is 28.7. The van der Waals surface area contributed by atoms with Gasteiger partial charge in [-0.1, -0.05) is 144 Å². The molecule has 0 spiro atoms. The number of nitrogens with zero attached hydrogens (tertiary/aromatic N) is 3. The predicted octanol–water partition coefficient (Wildman–Crippen LogP) is 8.75. The van der Waals surface area contributed by atoms with Gasteiger partial charge in [-0.05, 0) is 51.2 Å². The molecule has 1 unspecified atom stereocenters. The van der Waals surface area contributed by atoms with Gasteiger partial charge in [0.1, 0.15) is 12.4 Å². The highest BCUT2D eigenvalue weighted by Crippen LogP contribution is 2.44. The number of carbonyl (C=O) groups excluding carboxylic acids is 2. The summed E-state index contributed by atoms with van der Waals surface area (Å²) in [5.74, 6) is -0.492. The third kappa shape index (κ3) is 6.64. The molecule has 7 rings (SSSR count). The van der Waals surface area contributed by atoms with Gasteiger partial charge < -0.3 is 9.84 Å². The van der Waals surface area contributed by atoms with E-state index in [2.05, 4.69) is 34.5 Å². The standard InChI is InChI=1S/C39H29N3O4S2/c43-33(23-18-26-10-3-1-4-11-26)34-35(29-19-21-31(22-20-29)46-24-27-12-5-2-6-13-27)42(37(45)36(34)44)38-40-41-39(48-38)47-25-30-16-9-15-28-14-7-8-17-32(28)30/h1-23,35,44H,24-25H2. The number of carbonyl (C=O) groups is 2. The van der Waals surface area contributed by atoms with Gasteiger partial charge in [-0.3, -0.25) is 14.5 Å². The summed E-state index contributed by atoms with van der Waals surface area (Å²) in [7, 11) is 0. The van der Waals surface area contributed by atoms with Crippen molar-refractivity contribution in [1.82, 2.24) is 10.2 Å². The van der Waals surface area contributed by atoms with Gasteiger partial charge in [0.25, 0.3) is 5.91 Å². The van der Waals surface area contributed by atoms with Crippen LogP contribution in [0.15, 0.2) is 149 Å². The molecule has 48 heavy (non-hydrogen) atoms. The van der Waals surface area contributed by atoms with E-state index < -0.39 is 23.5 Å². The first kappa shape index (κ1) is 31.1. The van der Waals surface area contributed by atoms with Gasteiger partial charge in [-0.15, -0.1) is 10.2 Å². The normalized spacial score (nSPS) is 14.7. The molecule has 1 N–H and O–H groups in total. The van der Waals surface area contributed by atoms with Crippen LogP contribution >= 0.6 is 23.1 Å². The molecule has 0 bridgehead atoms. The van der Waals surface area contributed by atoms with Crippen LogP contribution in [0.25, 0.3) is 16.8 Å². The Hall–Kier alpha value is -5.51. The molecule has 1 aromatic heterocycles. The Morgan fingerprint density at radius 3 is 2.35 bits per heavy atom. The Balaban J connectivity index is 1.17. The smallest absolute Gasteiger partial charge is 0.296 e. The molecular formula is C39H29N3O4S2. The van der Waals surface area contributed by atoms with Gasteiger partial charge in [0.2, 0.25) is 5.13 Å². The fourth-order valence-corrected chi connectivity index (χ4v) is 7.47. The van der Waals surface area contributed by atoms with Gasteiger partial charge in [-0.2, -0.15) is 0 Å². The number of allylic oxidation sites excluding steroid dienone is 1. The van der Waals surface area contributed by atoms with Gasteiger partial charge in [0.05, 0.1) is 11.6 Å². The first-order valence-electron chi connectivity index (χ1n) is 15.3. The maximum absolute atomic E-state index is 13.7. The molecule has 7 nitrogen and oxygen atoms in total. The van der Waals surface area contributed by atoms with E-state index in [9.17, 15) is 14.7 Å². The molecule has 0 fully saturated rings. The second-order valence-corrected chi connectivity index (χ2v) is 13.2. The fraction of sp³-hybridized carbons (Fsp3) is 0.0769. The summed E-state index contributed by atoms with van der Waals surface area (Å²) in [6.07, 6.45) is 3.05. The minimum Gasteiger partial charge on any atom is -0.503 e. The van der Waals surface area contributed by atoms with E-state index in [0.717, 1.165) is 22.1 Å². The second-order valence-electron chi connectivity index (χ2n) is 11.1. The minimum absolute atomic E-state index is 0.0229. The van der Waals surface area contributed by atoms with E-state index in [1.165, 1.54) is 39.5 Å². The lowest BCUT2D eigenvalue weighted by atomic mass is 9.95. The number of aliphatic hydroxyl groups excluding tert-OH is 1. The number of fused-ring (bicyclic) bond motifs is 1. The lowest BCUT2D eigenvalue weighted by Crippen LogP contribution is -2.30. The van der Waals surface area contributed by atoms with Crippen molar-refractivity contribution in [1.29, 1.82) is 0 Å². The van der Waals surface area contributed by atoms with E-state index in [-0.39, 0.29) is 10.7 Å². The molecule has 0 radical (unpaired) electrons. The van der Waals surface area contributed by atoms with Crippen molar-refractivity contribution < 1.29 is 19.4 Å². The van der Waals surface area contributed by atoms with Crippen LogP contribution in [-0.2, 0) is 21.9 Å². The minimum atomic E-state index is -0.919. The SMILES string of the molecule is O=C(C=Cc1ccccc1)C1=C(O)C(=O)N(c2nnc(SCc3cccc4ccccc34)s2)C1c1ccc(OCc2ccccc2)cc1. The number of ether oxygens (including phenoxy) is 1. The summed E-state index contributed by atoms with van der Waals surface area (Å²) >= 11 is 2.77. The number of aliphatic hydroxyl groups is 1. The molecule has 0 saturated carbocycles. The number of rotatable bonds is 11. The lowest BCUT2D eigenvalue weighted by molar-refractivity contribution is -0.117. The molecule has 6 aromatic rings. The molecular weight excluding hydrogens is 639 g/mol. The van der Waals surface area contributed by atoms with Crippen molar-refractivity contribution in [3.63, 3.8) is 0 Å². The highest BCUT2D eigenvalue weighted by molar-refractivity contribution is 8.00. The topological polar surface area (TPSA) is 92.6 Å². The summed E-state index contributed by atoms with van der Waals surface area (Å²) in [5, 5.41) is 22.5. The van der Waals surface area contributed by atoms with Gasteiger partial charge in [-0.25, -0.2) is 0 Å². The monoisotopic (exact) mass is 667 g/mol. The third-order valence-corrected chi connectivity index (χ3v) is 10.1. The van der Waals surface area contributed by atoms with Crippen LogP contribution in [0.2, 0.25) is 0 Å². The van der Waals surface area contributed by atoms with Crippen LogP contribution in [0.1, 0.15) is 28.3 Å². The fourth-order valence-electron chi connectivity index (χ4n) is 5.60. The lowest BCUT2D eigenvalue weighted by Gasteiger charge is -2.24. The van der Waals surface area contributed by atoms with Crippen LogP contribution < -0.4 is 9.64 Å². The zero-order valence-electron chi connectivity index (χ0n) is 25.6. The summed E-state index contributed by atoms with van der Waals surface area (Å²) in [6, 6.07) is 39.9. The molecule has 0 saturated heterocycles. The van der Waals surface area contributed by atoms with Crippen molar-refractivity contribution in [2.45, 2.75) is 22.7 Å². The van der Waals surface area contributed by atoms with Crippen molar-refractivity contribution in [2.24, 2.45) is 0 Å². The number of hydrogen-bond donors (Lipinski definition) is 1. The zero-order chi connectivity index (χ0) is 32.9. The van der Waals surface area contributed by atoms with Gasteiger partial charge in [0, 0.05) is 5.75 Å². The van der Waals surface area contributed by atoms with E-state index in [1.54, 1.807) is 30.3 Å². The quantitative estimate of drug-likeness (QED) is 0.0839. The molecule has 9 heteroatoms. The van der Waals surface area contributed by atoms with Gasteiger partial charge in [0.15, 0.2) is 15.9 Å². The molecule has 0 aliphatic carbocycles. The average molecular weight is 668 g/mol. The maximum Gasteiger partial charge on any atom is 0.296 e. The second kappa shape index (κ2) is 14.1. The van der Waals surface area contributed by atoms with Crippen molar-refractivity contribution in [3.8, 4) is 5.75 Å². The number of benzene rings is 5. The van der Waals surface area contributed by atoms with E-state index in [1.807, 2.05) is 78.9 Å². The Morgan fingerprint density at radius 1 is 0.854 bits per heavy atom. The molecule has 2 heterocycles. The first-order chi connectivity index (χ1) is 23.5.